The van der Waals surface area contributed by atoms with Crippen LogP contribution in [-0.4, -0.2) is 17.9 Å². The third-order valence-electron chi connectivity index (χ3n) is 3.36. The van der Waals surface area contributed by atoms with E-state index in [0.717, 1.165) is 11.1 Å². The van der Waals surface area contributed by atoms with Gasteiger partial charge in [0.05, 0.1) is 0 Å². The van der Waals surface area contributed by atoms with Gasteiger partial charge < -0.3 is 4.90 Å². The maximum absolute atomic E-state index is 13.6. The maximum Gasteiger partial charge on any atom is 0.246 e. The van der Waals surface area contributed by atoms with E-state index in [1.54, 1.807) is 37.4 Å². The molecule has 0 aromatic heterocycles. The third-order valence-corrected chi connectivity index (χ3v) is 3.76. The molecule has 114 valence electrons. The van der Waals surface area contributed by atoms with Crippen molar-refractivity contribution in [3.05, 3.63) is 76.1 Å². The van der Waals surface area contributed by atoms with Crippen LogP contribution in [0.4, 0.5) is 4.39 Å². The van der Waals surface area contributed by atoms with Crippen LogP contribution in [0.5, 0.6) is 0 Å². The van der Waals surface area contributed by atoms with Gasteiger partial charge in [-0.05, 0) is 36.3 Å². The van der Waals surface area contributed by atoms with Crippen LogP contribution in [0.3, 0.4) is 0 Å². The molecule has 2 rings (SSSR count). The van der Waals surface area contributed by atoms with Crippen molar-refractivity contribution in [3.63, 3.8) is 0 Å². The second kappa shape index (κ2) is 7.23. The Morgan fingerprint density at radius 3 is 2.68 bits per heavy atom. The molecule has 2 aromatic carbocycles. The molecular formula is C18H17ClFNO. The number of hydrogen-bond acceptors (Lipinski definition) is 1. The summed E-state index contributed by atoms with van der Waals surface area (Å²) in [6, 6.07) is 12.0. The Kier molecular flexibility index (Phi) is 5.34. The molecule has 1 amide bonds. The zero-order chi connectivity index (χ0) is 16.1. The van der Waals surface area contributed by atoms with Gasteiger partial charge >= 0.3 is 0 Å². The van der Waals surface area contributed by atoms with Gasteiger partial charge in [-0.3, -0.25) is 4.79 Å². The largest absolute Gasteiger partial charge is 0.338 e. The third kappa shape index (κ3) is 4.18. The Hall–Kier alpha value is -2.13. The van der Waals surface area contributed by atoms with Crippen LogP contribution in [0.1, 0.15) is 16.7 Å². The first kappa shape index (κ1) is 16.2. The van der Waals surface area contributed by atoms with Gasteiger partial charge in [0.2, 0.25) is 5.91 Å². The van der Waals surface area contributed by atoms with Gasteiger partial charge in [0.25, 0.3) is 0 Å². The summed E-state index contributed by atoms with van der Waals surface area (Å²) in [5, 5.41) is 0.661. The molecule has 0 atom stereocenters. The summed E-state index contributed by atoms with van der Waals surface area (Å²) in [5.74, 6) is -0.503. The molecule has 0 aliphatic carbocycles. The lowest BCUT2D eigenvalue weighted by Gasteiger charge is -2.15. The first-order valence-electron chi connectivity index (χ1n) is 6.90. The minimum absolute atomic E-state index is 0.194. The molecule has 0 heterocycles. The number of nitrogens with zero attached hydrogens (tertiary/aromatic N) is 1. The number of carbonyl (C=O) groups excluding carboxylic acids is 1. The van der Waals surface area contributed by atoms with E-state index >= 15 is 0 Å². The average molecular weight is 318 g/mol. The van der Waals surface area contributed by atoms with Crippen molar-refractivity contribution in [2.24, 2.45) is 0 Å². The van der Waals surface area contributed by atoms with E-state index in [1.165, 1.54) is 17.0 Å². The Morgan fingerprint density at radius 2 is 2.00 bits per heavy atom. The lowest BCUT2D eigenvalue weighted by molar-refractivity contribution is -0.125. The molecule has 2 aromatic rings. The first-order chi connectivity index (χ1) is 10.5. The minimum atomic E-state index is -0.309. The Bertz CT molecular complexity index is 712. The summed E-state index contributed by atoms with van der Waals surface area (Å²) in [4.78, 5) is 13.5. The fraction of sp³-hybridized carbons (Fsp3) is 0.167. The zero-order valence-electron chi connectivity index (χ0n) is 12.5. The number of halogens is 2. The van der Waals surface area contributed by atoms with Gasteiger partial charge in [-0.2, -0.15) is 0 Å². The molecule has 2 nitrogen and oxygen atoms in total. The highest BCUT2D eigenvalue weighted by Crippen LogP contribution is 2.17. The molecule has 22 heavy (non-hydrogen) atoms. The van der Waals surface area contributed by atoms with Crippen LogP contribution in [-0.2, 0) is 11.3 Å². The Labute approximate surface area is 134 Å². The fourth-order valence-electron chi connectivity index (χ4n) is 1.97. The predicted octanol–water partition coefficient (Wildman–Crippen LogP) is 4.46. The van der Waals surface area contributed by atoms with Gasteiger partial charge in [0, 0.05) is 30.3 Å². The Balaban J connectivity index is 2.03. The average Bonchev–Trinajstić information content (AvgIpc) is 2.50. The van der Waals surface area contributed by atoms with Crippen LogP contribution in [0.2, 0.25) is 5.02 Å². The van der Waals surface area contributed by atoms with Gasteiger partial charge in [-0.1, -0.05) is 41.9 Å². The van der Waals surface area contributed by atoms with Gasteiger partial charge in [-0.15, -0.1) is 0 Å². The second-order valence-corrected chi connectivity index (χ2v) is 5.53. The van der Waals surface area contributed by atoms with Crippen LogP contribution in [0, 0.1) is 12.7 Å². The van der Waals surface area contributed by atoms with Crippen LogP contribution >= 0.6 is 11.6 Å². The molecule has 4 heteroatoms. The number of aryl methyl sites for hydroxylation is 1. The topological polar surface area (TPSA) is 20.3 Å². The van der Waals surface area contributed by atoms with Crippen molar-refractivity contribution in [2.45, 2.75) is 13.5 Å². The standard InChI is InChI=1S/C18H17ClFNO/c1-13-7-8-14(11-16(13)19)9-10-18(22)21(2)12-15-5-3-4-6-17(15)20/h3-11H,12H2,1-2H3/b10-9+. The van der Waals surface area contributed by atoms with E-state index < -0.39 is 0 Å². The SMILES string of the molecule is Cc1ccc(/C=C/C(=O)N(C)Cc2ccccc2F)cc1Cl. The molecule has 0 unspecified atom stereocenters. The normalized spacial score (nSPS) is 10.9. The number of rotatable bonds is 4. The predicted molar refractivity (Wildman–Crippen MR) is 88.1 cm³/mol. The van der Waals surface area contributed by atoms with Crippen molar-refractivity contribution in [2.75, 3.05) is 7.05 Å². The lowest BCUT2D eigenvalue weighted by atomic mass is 10.1. The van der Waals surface area contributed by atoms with Crippen LogP contribution in [0.25, 0.3) is 6.08 Å². The Morgan fingerprint density at radius 1 is 1.27 bits per heavy atom. The highest BCUT2D eigenvalue weighted by Gasteiger charge is 2.08. The van der Waals surface area contributed by atoms with E-state index in [1.807, 2.05) is 19.1 Å². The van der Waals surface area contributed by atoms with E-state index in [-0.39, 0.29) is 18.3 Å². The number of likely N-dealkylation sites (N-methyl/N-ethyl adjacent to an activating group) is 1. The first-order valence-corrected chi connectivity index (χ1v) is 7.28. The number of carbonyl (C=O) groups is 1. The summed E-state index contributed by atoms with van der Waals surface area (Å²) in [6.45, 7) is 2.15. The summed E-state index contributed by atoms with van der Waals surface area (Å²) < 4.78 is 13.6. The van der Waals surface area contributed by atoms with Crippen molar-refractivity contribution >= 4 is 23.6 Å². The molecule has 0 radical (unpaired) electrons. The molecular weight excluding hydrogens is 301 g/mol. The number of hydrogen-bond donors (Lipinski definition) is 0. The number of amides is 1. The van der Waals surface area contributed by atoms with Crippen molar-refractivity contribution in [3.8, 4) is 0 Å². The van der Waals surface area contributed by atoms with E-state index in [2.05, 4.69) is 0 Å². The summed E-state index contributed by atoms with van der Waals surface area (Å²) in [7, 11) is 1.64. The van der Waals surface area contributed by atoms with Gasteiger partial charge in [0.15, 0.2) is 0 Å². The van der Waals surface area contributed by atoms with Crippen molar-refractivity contribution < 1.29 is 9.18 Å². The summed E-state index contributed by atoms with van der Waals surface area (Å²) in [5.41, 5.74) is 2.33. The molecule has 0 saturated heterocycles. The highest BCUT2D eigenvalue weighted by atomic mass is 35.5. The quantitative estimate of drug-likeness (QED) is 0.762. The van der Waals surface area contributed by atoms with Gasteiger partial charge in [0.1, 0.15) is 5.82 Å². The molecule has 0 aliphatic rings. The summed E-state index contributed by atoms with van der Waals surface area (Å²) in [6.07, 6.45) is 3.16. The molecule has 0 saturated carbocycles. The lowest BCUT2D eigenvalue weighted by Crippen LogP contribution is -2.24. The smallest absolute Gasteiger partial charge is 0.246 e. The molecule has 0 N–H and O–H groups in total. The molecule has 0 aliphatic heterocycles. The second-order valence-electron chi connectivity index (χ2n) is 5.13. The van der Waals surface area contributed by atoms with E-state index in [0.29, 0.717) is 10.6 Å². The molecule has 0 bridgehead atoms. The highest BCUT2D eigenvalue weighted by molar-refractivity contribution is 6.31. The van der Waals surface area contributed by atoms with Gasteiger partial charge in [-0.25, -0.2) is 4.39 Å². The minimum Gasteiger partial charge on any atom is -0.338 e. The van der Waals surface area contributed by atoms with Crippen LogP contribution in [0.15, 0.2) is 48.5 Å². The zero-order valence-corrected chi connectivity index (χ0v) is 13.3. The summed E-state index contributed by atoms with van der Waals surface area (Å²) >= 11 is 6.05. The number of benzene rings is 2. The fourth-order valence-corrected chi connectivity index (χ4v) is 2.16. The van der Waals surface area contributed by atoms with Crippen molar-refractivity contribution in [1.29, 1.82) is 0 Å². The van der Waals surface area contributed by atoms with Crippen molar-refractivity contribution in [1.82, 2.24) is 4.90 Å². The molecule has 0 spiro atoms. The molecule has 0 fully saturated rings. The monoisotopic (exact) mass is 317 g/mol. The van der Waals surface area contributed by atoms with Crippen LogP contribution < -0.4 is 0 Å². The maximum atomic E-state index is 13.6. The van der Waals surface area contributed by atoms with E-state index in [4.69, 9.17) is 11.6 Å². The van der Waals surface area contributed by atoms with E-state index in [9.17, 15) is 9.18 Å².